The molecule has 0 N–H and O–H groups in total. The van der Waals surface area contributed by atoms with Crippen LogP contribution in [0.25, 0.3) is 10.6 Å². The molecule has 4 rings (SSSR count). The summed E-state index contributed by atoms with van der Waals surface area (Å²) in [7, 11) is -4.00. The minimum absolute atomic E-state index is 0. The van der Waals surface area contributed by atoms with Gasteiger partial charge in [-0.15, -0.1) is 0 Å². The Morgan fingerprint density at radius 1 is 0.311 bits per heavy atom. The summed E-state index contributed by atoms with van der Waals surface area (Å²) in [5, 5.41) is 14.2. The molecule has 0 aliphatic rings. The van der Waals surface area contributed by atoms with Gasteiger partial charge in [0.15, 0.2) is 0 Å². The molecule has 4 aromatic carbocycles. The molecule has 0 spiro atoms. The number of hydrogen-bond acceptors (Lipinski definition) is 0. The first-order chi connectivity index (χ1) is 27.0. The number of rotatable bonds is 16. The van der Waals surface area contributed by atoms with Crippen LogP contribution in [-0.2, 0) is 60.3 Å². The summed E-state index contributed by atoms with van der Waals surface area (Å²) in [5.41, 5.74) is 7.09. The van der Waals surface area contributed by atoms with Crippen molar-refractivity contribution in [2.24, 2.45) is 0 Å². The van der Waals surface area contributed by atoms with E-state index in [1.165, 1.54) is 24.3 Å². The Morgan fingerprint density at radius 3 is 0.590 bits per heavy atom. The van der Waals surface area contributed by atoms with Gasteiger partial charge in [0, 0.05) is 116 Å². The Balaban J connectivity index is 0.00000112. The first-order valence-corrected chi connectivity index (χ1v) is 27.8. The number of hydrogen-bond donors (Lipinski definition) is 0. The maximum atomic E-state index is 14.2. The topological polar surface area (TPSA) is 28.2 Å². The third kappa shape index (κ3) is 17.2. The van der Waals surface area contributed by atoms with Crippen molar-refractivity contribution in [1.29, 1.82) is 0 Å². The van der Waals surface area contributed by atoms with Crippen LogP contribution >= 0.6 is 31.7 Å². The zero-order valence-corrected chi connectivity index (χ0v) is 49.4. The molecule has 342 valence electrons. The first-order valence-electron chi connectivity index (χ1n) is 21.1. The summed E-state index contributed by atoms with van der Waals surface area (Å²) in [5.74, 6) is -0.847. The van der Waals surface area contributed by atoms with E-state index in [2.05, 4.69) is 111 Å². The molecule has 0 atom stereocenters. The smallest absolute Gasteiger partial charge is 0.127 e. The van der Waals surface area contributed by atoms with Crippen molar-refractivity contribution < 1.29 is 77.9 Å². The van der Waals surface area contributed by atoms with Gasteiger partial charge < -0.3 is 10.6 Å². The van der Waals surface area contributed by atoms with E-state index in [0.717, 1.165) is 44.0 Å². The van der Waals surface area contributed by atoms with Gasteiger partial charge in [0.05, 0.1) is 66.5 Å². The SMILES string of the molecule is CC(C)[PH+](c1cc(F)ccc1[N-]c1ccc(F)cc1[PH+](C(C)C)C(C)C)C(C)C.CC(C)[PH+](c1cc(F)ccc1[N-]c1ccc(F)cc1[PH+](C(C)C)C(C)C)C(C)C.[Pd].[Pd].[Zn]. The monoisotopic (exact) mass is 1150 g/mol. The fraction of sp³-hybridized carbons (Fsp3) is 0.500. The zero-order valence-electron chi connectivity index (χ0n) is 39.3. The zero-order chi connectivity index (χ0) is 43.8. The van der Waals surface area contributed by atoms with Crippen LogP contribution in [0.5, 0.6) is 0 Å². The van der Waals surface area contributed by atoms with E-state index < -0.39 is 31.7 Å². The Hall–Kier alpha value is -0.132. The molecule has 0 fully saturated rings. The van der Waals surface area contributed by atoms with Crippen LogP contribution in [0.2, 0.25) is 0 Å². The van der Waals surface area contributed by atoms with Crippen molar-refractivity contribution in [1.82, 2.24) is 0 Å². The molecule has 0 saturated carbocycles. The van der Waals surface area contributed by atoms with Gasteiger partial charge in [0.2, 0.25) is 0 Å². The molecule has 0 saturated heterocycles. The average Bonchev–Trinajstić information content (AvgIpc) is 3.08. The molecule has 13 heteroatoms. The van der Waals surface area contributed by atoms with Gasteiger partial charge in [-0.3, -0.25) is 0 Å². The number of nitrogens with zero attached hydrogens (tertiary/aromatic N) is 2. The van der Waals surface area contributed by atoms with Crippen molar-refractivity contribution >= 4 is 75.7 Å². The Labute approximate surface area is 413 Å². The molecule has 0 amide bonds. The Kier molecular flexibility index (Phi) is 28.1. The molecular weight excluding hydrogens is 1080 g/mol. The third-order valence-corrected chi connectivity index (χ3v) is 24.6. The summed E-state index contributed by atoms with van der Waals surface area (Å²) in [6.45, 7) is 35.4. The van der Waals surface area contributed by atoms with E-state index in [1.54, 1.807) is 48.5 Å². The summed E-state index contributed by atoms with van der Waals surface area (Å²) in [4.78, 5) is 0. The third-order valence-electron chi connectivity index (χ3n) is 10.5. The molecule has 0 bridgehead atoms. The quantitative estimate of drug-likeness (QED) is 0.0608. The number of benzene rings is 4. The Morgan fingerprint density at radius 2 is 0.459 bits per heavy atom. The molecule has 61 heavy (non-hydrogen) atoms. The van der Waals surface area contributed by atoms with E-state index in [1.807, 2.05) is 0 Å². The van der Waals surface area contributed by atoms with Crippen LogP contribution in [0.3, 0.4) is 0 Å². The van der Waals surface area contributed by atoms with Crippen molar-refractivity contribution in [3.63, 3.8) is 0 Å². The molecule has 4 aromatic rings. The van der Waals surface area contributed by atoms with Gasteiger partial charge in [-0.25, -0.2) is 17.6 Å². The standard InChI is InChI=1S/2C24H34F2NP2.2Pd.Zn/c2*1-15(2)28(16(3)4)23-13-19(25)9-11-21(23)27-22-12-10-20(26)14-24(22)29(17(5)6)18(7)8;;;/h2*9-18H,1-8H3;;;/q2*-1;;;/p+4. The van der Waals surface area contributed by atoms with Crippen LogP contribution in [0, 0.1) is 23.3 Å². The minimum atomic E-state index is -1.000. The van der Waals surface area contributed by atoms with Crippen molar-refractivity contribution in [3.8, 4) is 0 Å². The molecule has 0 aromatic heterocycles. The van der Waals surface area contributed by atoms with Gasteiger partial charge >= 0.3 is 0 Å². The van der Waals surface area contributed by atoms with E-state index in [4.69, 9.17) is 10.6 Å². The predicted molar refractivity (Wildman–Crippen MR) is 264 cm³/mol. The van der Waals surface area contributed by atoms with Crippen LogP contribution in [-0.4, -0.2) is 45.3 Å². The van der Waals surface area contributed by atoms with E-state index in [0.29, 0.717) is 45.3 Å². The average molecular weight is 1160 g/mol. The van der Waals surface area contributed by atoms with Gasteiger partial charge in [-0.2, -0.15) is 0 Å². The van der Waals surface area contributed by atoms with Gasteiger partial charge in [0.25, 0.3) is 0 Å². The summed E-state index contributed by atoms with van der Waals surface area (Å²) >= 11 is 0. The maximum absolute atomic E-state index is 14.2. The van der Waals surface area contributed by atoms with Gasteiger partial charge in [-0.1, -0.05) is 47.0 Å². The fourth-order valence-electron chi connectivity index (χ4n) is 8.76. The van der Waals surface area contributed by atoms with Crippen molar-refractivity contribution in [2.75, 3.05) is 0 Å². The van der Waals surface area contributed by atoms with Crippen LogP contribution in [0.1, 0.15) is 111 Å². The van der Waals surface area contributed by atoms with Crippen molar-refractivity contribution in [3.05, 3.63) is 107 Å². The molecule has 0 radical (unpaired) electrons. The van der Waals surface area contributed by atoms with Crippen LogP contribution in [0.15, 0.2) is 72.8 Å². The van der Waals surface area contributed by atoms with Gasteiger partial charge in [-0.05, 0) is 135 Å². The maximum Gasteiger partial charge on any atom is 0.127 e. The summed E-state index contributed by atoms with van der Waals surface area (Å²) in [6, 6.07) is 19.8. The molecule has 0 heterocycles. The minimum Gasteiger partial charge on any atom is -0.651 e. The largest absolute Gasteiger partial charge is 0.651 e. The van der Waals surface area contributed by atoms with Crippen LogP contribution < -0.4 is 21.2 Å². The summed E-state index contributed by atoms with van der Waals surface area (Å²) in [6.07, 6.45) is 0. The second-order valence-corrected chi connectivity index (χ2v) is 33.0. The fourth-order valence-corrected chi connectivity index (χ4v) is 22.0. The second kappa shape index (κ2) is 28.1. The normalized spacial score (nSPS) is 11.7. The van der Waals surface area contributed by atoms with Crippen LogP contribution in [0.4, 0.5) is 40.3 Å². The predicted octanol–water partition coefficient (Wildman–Crippen LogP) is 15.2. The molecule has 0 unspecified atom stereocenters. The van der Waals surface area contributed by atoms with E-state index in [9.17, 15) is 17.6 Å². The molecular formula is C48H72F4N2P4Pd2Zn+2. The summed E-state index contributed by atoms with van der Waals surface area (Å²) < 4.78 is 56.7. The molecule has 0 aliphatic carbocycles. The Bertz CT molecular complexity index is 1630. The van der Waals surface area contributed by atoms with Crippen molar-refractivity contribution in [2.45, 2.75) is 156 Å². The number of halogens is 4. The molecule has 0 aliphatic heterocycles. The second-order valence-electron chi connectivity index (χ2n) is 17.9. The van der Waals surface area contributed by atoms with E-state index >= 15 is 0 Å². The molecule has 2 nitrogen and oxygen atoms in total. The van der Waals surface area contributed by atoms with E-state index in [-0.39, 0.29) is 83.6 Å². The first kappa shape index (κ1) is 60.9. The van der Waals surface area contributed by atoms with Gasteiger partial charge in [0.1, 0.15) is 23.3 Å².